The summed E-state index contributed by atoms with van der Waals surface area (Å²) in [6.07, 6.45) is 2.13. The normalized spacial score (nSPS) is 16.8. The molecule has 1 aliphatic rings. The van der Waals surface area contributed by atoms with Gasteiger partial charge in [-0.3, -0.25) is 9.78 Å². The maximum absolute atomic E-state index is 12.9. The molecular weight excluding hydrogens is 502 g/mol. The van der Waals surface area contributed by atoms with Gasteiger partial charge in [0.15, 0.2) is 5.11 Å². The van der Waals surface area contributed by atoms with Crippen LogP contribution in [0.25, 0.3) is 5.69 Å². The van der Waals surface area contributed by atoms with Crippen LogP contribution < -0.4 is 10.6 Å². The van der Waals surface area contributed by atoms with Crippen molar-refractivity contribution in [3.63, 3.8) is 0 Å². The highest BCUT2D eigenvalue weighted by molar-refractivity contribution is 7.80. The lowest BCUT2D eigenvalue weighted by molar-refractivity contribution is -0.116. The van der Waals surface area contributed by atoms with E-state index < -0.39 is 0 Å². The molecule has 3 heterocycles. The first-order valence-corrected chi connectivity index (χ1v) is 13.7. The zero-order valence-corrected chi connectivity index (χ0v) is 24.0. The number of hydrogen-bond acceptors (Lipinski definition) is 3. The maximum Gasteiger partial charge on any atom is 0.226 e. The van der Waals surface area contributed by atoms with Gasteiger partial charge in [0.1, 0.15) is 0 Å². The summed E-state index contributed by atoms with van der Waals surface area (Å²) < 4.78 is 2.33. The van der Waals surface area contributed by atoms with Crippen molar-refractivity contribution in [2.24, 2.45) is 0 Å². The van der Waals surface area contributed by atoms with Crippen molar-refractivity contribution in [1.29, 1.82) is 0 Å². The lowest BCUT2D eigenvalue weighted by atomic mass is 9.96. The van der Waals surface area contributed by atoms with Crippen LogP contribution in [-0.2, 0) is 4.79 Å². The number of aryl methyl sites for hydroxylation is 4. The summed E-state index contributed by atoms with van der Waals surface area (Å²) in [5.74, 6) is -0.0377. The van der Waals surface area contributed by atoms with Crippen LogP contribution in [0.5, 0.6) is 0 Å². The summed E-state index contributed by atoms with van der Waals surface area (Å²) in [5, 5.41) is 7.19. The van der Waals surface area contributed by atoms with Crippen LogP contribution in [0.4, 0.5) is 5.69 Å². The van der Waals surface area contributed by atoms with E-state index in [4.69, 9.17) is 12.2 Å². The van der Waals surface area contributed by atoms with Gasteiger partial charge in [-0.15, -0.1) is 0 Å². The average molecular weight is 538 g/mol. The number of anilines is 1. The molecule has 2 aromatic carbocycles. The van der Waals surface area contributed by atoms with Crippen molar-refractivity contribution in [1.82, 2.24) is 19.8 Å². The number of benzene rings is 2. The number of thiocarbonyl (C=S) groups is 1. The number of nitrogens with zero attached hydrogens (tertiary/aromatic N) is 3. The Kier molecular flexibility index (Phi) is 7.53. The van der Waals surface area contributed by atoms with Crippen LogP contribution in [0.15, 0.2) is 72.9 Å². The third-order valence-corrected chi connectivity index (χ3v) is 7.83. The molecule has 6 nitrogen and oxygen atoms in total. The Bertz CT molecular complexity index is 1530. The van der Waals surface area contributed by atoms with E-state index in [0.717, 1.165) is 28.3 Å². The minimum atomic E-state index is -0.133. The highest BCUT2D eigenvalue weighted by Crippen LogP contribution is 2.41. The van der Waals surface area contributed by atoms with Crippen LogP contribution in [0, 0.1) is 34.6 Å². The number of hydrogen-bond donors (Lipinski definition) is 2. The summed E-state index contributed by atoms with van der Waals surface area (Å²) in [5.41, 5.74) is 9.96. The van der Waals surface area contributed by atoms with Gasteiger partial charge in [0.25, 0.3) is 0 Å². The predicted molar refractivity (Wildman–Crippen MR) is 161 cm³/mol. The molecule has 7 heteroatoms. The van der Waals surface area contributed by atoms with Crippen molar-refractivity contribution < 1.29 is 4.79 Å². The van der Waals surface area contributed by atoms with E-state index in [1.807, 2.05) is 55.6 Å². The van der Waals surface area contributed by atoms with E-state index in [9.17, 15) is 4.79 Å². The molecular formula is C32H35N5OS. The number of carbonyl (C=O) groups is 1. The minimum Gasteiger partial charge on any atom is -0.352 e. The van der Waals surface area contributed by atoms with Gasteiger partial charge < -0.3 is 20.1 Å². The Morgan fingerprint density at radius 2 is 1.77 bits per heavy atom. The predicted octanol–water partition coefficient (Wildman–Crippen LogP) is 6.42. The highest BCUT2D eigenvalue weighted by Gasteiger charge is 2.41. The molecule has 1 amide bonds. The topological polar surface area (TPSA) is 62.2 Å². The van der Waals surface area contributed by atoms with Crippen LogP contribution in [0.2, 0.25) is 0 Å². The fourth-order valence-corrected chi connectivity index (χ4v) is 5.90. The maximum atomic E-state index is 12.9. The molecule has 2 N–H and O–H groups in total. The van der Waals surface area contributed by atoms with Crippen LogP contribution in [-0.4, -0.2) is 32.0 Å². The molecule has 0 aliphatic carbocycles. The minimum absolute atomic E-state index is 0.0377. The van der Waals surface area contributed by atoms with Crippen LogP contribution in [0.1, 0.15) is 57.8 Å². The Labute approximate surface area is 236 Å². The van der Waals surface area contributed by atoms with E-state index in [2.05, 4.69) is 77.0 Å². The lowest BCUT2D eigenvalue weighted by Crippen LogP contribution is -2.32. The van der Waals surface area contributed by atoms with Crippen molar-refractivity contribution in [3.8, 4) is 5.69 Å². The van der Waals surface area contributed by atoms with Crippen LogP contribution in [0.3, 0.4) is 0 Å². The second kappa shape index (κ2) is 11.0. The smallest absolute Gasteiger partial charge is 0.226 e. The molecule has 0 bridgehead atoms. The first-order chi connectivity index (χ1) is 18.7. The lowest BCUT2D eigenvalue weighted by Gasteiger charge is -2.28. The number of amides is 1. The third-order valence-electron chi connectivity index (χ3n) is 7.47. The Morgan fingerprint density at radius 3 is 2.51 bits per heavy atom. The fraction of sp³-hybridized carbons (Fsp3) is 0.281. The second-order valence-corrected chi connectivity index (χ2v) is 10.8. The SMILES string of the molecule is Cc1cccc(NC(=O)CCN2C(=S)NC(c3ccccn3)C2c2cc(C)n(-c3cc(C)ccc3C)c2C)c1. The summed E-state index contributed by atoms with van der Waals surface area (Å²) >= 11 is 5.86. The molecule has 5 rings (SSSR count). The molecule has 0 radical (unpaired) electrons. The van der Waals surface area contributed by atoms with Gasteiger partial charge in [0, 0.05) is 41.9 Å². The first kappa shape index (κ1) is 26.6. The van der Waals surface area contributed by atoms with Gasteiger partial charge in [-0.2, -0.15) is 0 Å². The summed E-state index contributed by atoms with van der Waals surface area (Å²) in [7, 11) is 0. The van der Waals surface area contributed by atoms with E-state index in [0.29, 0.717) is 18.1 Å². The van der Waals surface area contributed by atoms with Crippen molar-refractivity contribution in [2.45, 2.75) is 53.1 Å². The highest BCUT2D eigenvalue weighted by atomic mass is 32.1. The molecule has 4 aromatic rings. The van der Waals surface area contributed by atoms with Crippen molar-refractivity contribution in [3.05, 3.63) is 112 Å². The number of nitrogens with one attached hydrogen (secondary N) is 2. The molecule has 1 aliphatic heterocycles. The quantitative estimate of drug-likeness (QED) is 0.267. The largest absolute Gasteiger partial charge is 0.352 e. The summed E-state index contributed by atoms with van der Waals surface area (Å²) in [6, 6.07) is 22.4. The molecule has 0 spiro atoms. The standard InChI is InChI=1S/C32H35N5OS/c1-20-9-8-10-25(17-20)34-29(38)14-16-36-31(30(35-32(36)39)27-11-6-7-15-33-27)26-19-23(4)37(24(26)5)28-18-21(2)12-13-22(28)3/h6-13,15,17-19,30-31H,14,16H2,1-5H3,(H,34,38)(H,35,39). The zero-order chi connectivity index (χ0) is 27.7. The fourth-order valence-electron chi connectivity index (χ4n) is 5.57. The third kappa shape index (κ3) is 5.45. The monoisotopic (exact) mass is 537 g/mol. The average Bonchev–Trinajstić information content (AvgIpc) is 3.39. The van der Waals surface area contributed by atoms with Crippen molar-refractivity contribution >= 4 is 28.9 Å². The van der Waals surface area contributed by atoms with Gasteiger partial charge in [0.05, 0.1) is 17.8 Å². The van der Waals surface area contributed by atoms with Crippen LogP contribution >= 0.6 is 12.2 Å². The molecule has 1 saturated heterocycles. The molecule has 39 heavy (non-hydrogen) atoms. The second-order valence-electron chi connectivity index (χ2n) is 10.4. The Hall–Kier alpha value is -3.97. The number of carbonyl (C=O) groups excluding carboxylic acids is 1. The first-order valence-electron chi connectivity index (χ1n) is 13.3. The number of pyridine rings is 1. The van der Waals surface area contributed by atoms with Gasteiger partial charge >= 0.3 is 0 Å². The molecule has 2 atom stereocenters. The van der Waals surface area contributed by atoms with Gasteiger partial charge in [-0.1, -0.05) is 30.3 Å². The Morgan fingerprint density at radius 1 is 0.974 bits per heavy atom. The van der Waals surface area contributed by atoms with Gasteiger partial charge in [-0.25, -0.2) is 0 Å². The van der Waals surface area contributed by atoms with Crippen molar-refractivity contribution in [2.75, 3.05) is 11.9 Å². The van der Waals surface area contributed by atoms with Gasteiger partial charge in [0.2, 0.25) is 5.91 Å². The molecule has 200 valence electrons. The molecule has 2 unspecified atom stereocenters. The molecule has 1 fully saturated rings. The molecule has 0 saturated carbocycles. The summed E-state index contributed by atoms with van der Waals surface area (Å²) in [4.78, 5) is 19.8. The van der Waals surface area contributed by atoms with Gasteiger partial charge in [-0.05, 0) is 105 Å². The zero-order valence-electron chi connectivity index (χ0n) is 23.2. The molecule has 2 aromatic heterocycles. The Balaban J connectivity index is 1.49. The van der Waals surface area contributed by atoms with E-state index in [-0.39, 0.29) is 18.0 Å². The van der Waals surface area contributed by atoms with E-state index >= 15 is 0 Å². The number of rotatable bonds is 7. The van der Waals surface area contributed by atoms with E-state index in [1.165, 1.54) is 22.4 Å². The number of aromatic nitrogens is 2. The summed E-state index contributed by atoms with van der Waals surface area (Å²) in [6.45, 7) is 11.1. The van der Waals surface area contributed by atoms with E-state index in [1.54, 1.807) is 0 Å².